The highest BCUT2D eigenvalue weighted by Gasteiger charge is 2.17. The van der Waals surface area contributed by atoms with Crippen molar-refractivity contribution in [2.24, 2.45) is 0 Å². The second-order valence-corrected chi connectivity index (χ2v) is 8.54. The van der Waals surface area contributed by atoms with E-state index in [0.29, 0.717) is 17.5 Å². The molecule has 0 saturated heterocycles. The SMILES string of the molecule is CCc1ccc(C(=O)c2ccccc2C(=O)O)cc1.CCc1ccc(Cc2ccccc2C(=O)O)cc1. The van der Waals surface area contributed by atoms with Crippen LogP contribution in [-0.4, -0.2) is 27.9 Å². The molecule has 0 atom stereocenters. The summed E-state index contributed by atoms with van der Waals surface area (Å²) in [5.41, 5.74) is 5.58. The zero-order chi connectivity index (χ0) is 26.8. The van der Waals surface area contributed by atoms with E-state index < -0.39 is 11.9 Å². The van der Waals surface area contributed by atoms with Crippen LogP contribution in [0.15, 0.2) is 97.1 Å². The standard InChI is InChI=1S/C16H14O3.C16H16O2/c1-2-11-7-9-12(10-8-11)15(17)13-5-3-4-6-14(13)16(18)19;1-2-12-7-9-13(10-8-12)11-14-5-3-4-6-15(14)16(17)18/h3-10H,2H2,1H3,(H,18,19);3-10H,2,11H2,1H3,(H,17,18). The van der Waals surface area contributed by atoms with E-state index >= 15 is 0 Å². The number of aromatic carboxylic acids is 2. The molecule has 0 radical (unpaired) electrons. The van der Waals surface area contributed by atoms with E-state index in [1.807, 2.05) is 31.2 Å². The maximum Gasteiger partial charge on any atom is 0.336 e. The zero-order valence-corrected chi connectivity index (χ0v) is 21.0. The highest BCUT2D eigenvalue weighted by atomic mass is 16.4. The topological polar surface area (TPSA) is 91.7 Å². The number of benzene rings is 4. The van der Waals surface area contributed by atoms with Gasteiger partial charge in [0.2, 0.25) is 0 Å². The number of hydrogen-bond acceptors (Lipinski definition) is 3. The highest BCUT2D eigenvalue weighted by molar-refractivity contribution is 6.14. The van der Waals surface area contributed by atoms with Crippen molar-refractivity contribution in [3.05, 3.63) is 142 Å². The number of hydrogen-bond donors (Lipinski definition) is 2. The van der Waals surface area contributed by atoms with Crippen LogP contribution in [0.4, 0.5) is 0 Å². The lowest BCUT2D eigenvalue weighted by Gasteiger charge is -2.06. The number of carbonyl (C=O) groups is 3. The van der Waals surface area contributed by atoms with Gasteiger partial charge < -0.3 is 10.2 Å². The molecule has 0 aliphatic heterocycles. The normalized spacial score (nSPS) is 10.2. The first-order valence-corrected chi connectivity index (χ1v) is 12.2. The molecule has 5 nitrogen and oxygen atoms in total. The van der Waals surface area contributed by atoms with Gasteiger partial charge in [-0.25, -0.2) is 9.59 Å². The van der Waals surface area contributed by atoms with Crippen molar-refractivity contribution in [2.75, 3.05) is 0 Å². The maximum absolute atomic E-state index is 12.3. The average Bonchev–Trinajstić information content (AvgIpc) is 2.93. The Bertz CT molecular complexity index is 1370. The molecule has 0 aliphatic carbocycles. The van der Waals surface area contributed by atoms with Crippen molar-refractivity contribution in [1.82, 2.24) is 0 Å². The van der Waals surface area contributed by atoms with Crippen molar-refractivity contribution >= 4 is 17.7 Å². The van der Waals surface area contributed by atoms with Gasteiger partial charge in [0.25, 0.3) is 0 Å². The van der Waals surface area contributed by atoms with Crippen LogP contribution in [0.3, 0.4) is 0 Å². The molecule has 0 saturated carbocycles. The van der Waals surface area contributed by atoms with Gasteiger partial charge in [-0.1, -0.05) is 98.8 Å². The molecule has 2 N–H and O–H groups in total. The van der Waals surface area contributed by atoms with E-state index in [9.17, 15) is 14.4 Å². The Hall–Kier alpha value is -4.51. The minimum Gasteiger partial charge on any atom is -0.478 e. The molecule has 0 fully saturated rings. The lowest BCUT2D eigenvalue weighted by molar-refractivity contribution is 0.0684. The number of carbonyl (C=O) groups excluding carboxylic acids is 1. The fourth-order valence-corrected chi connectivity index (χ4v) is 3.91. The third kappa shape index (κ3) is 7.24. The number of carboxylic acids is 2. The summed E-state index contributed by atoms with van der Waals surface area (Å²) in [6, 6.07) is 29.0. The Morgan fingerprint density at radius 2 is 0.973 bits per heavy atom. The number of ketones is 1. The van der Waals surface area contributed by atoms with Gasteiger partial charge in [-0.05, 0) is 53.6 Å². The molecule has 4 aromatic rings. The summed E-state index contributed by atoms with van der Waals surface area (Å²) < 4.78 is 0. The Kier molecular flexibility index (Phi) is 9.50. The highest BCUT2D eigenvalue weighted by Crippen LogP contribution is 2.17. The van der Waals surface area contributed by atoms with Crippen LogP contribution in [0.2, 0.25) is 0 Å². The summed E-state index contributed by atoms with van der Waals surface area (Å²) in [5.74, 6) is -2.22. The third-order valence-corrected chi connectivity index (χ3v) is 6.10. The van der Waals surface area contributed by atoms with Crippen LogP contribution in [0, 0.1) is 0 Å². The fraction of sp³-hybridized carbons (Fsp3) is 0.156. The van der Waals surface area contributed by atoms with E-state index in [2.05, 4.69) is 31.2 Å². The minimum absolute atomic E-state index is 0.0343. The molecule has 0 aromatic heterocycles. The Labute approximate surface area is 217 Å². The van der Waals surface area contributed by atoms with E-state index in [0.717, 1.165) is 29.5 Å². The molecule has 188 valence electrons. The van der Waals surface area contributed by atoms with Crippen LogP contribution in [0.1, 0.15) is 72.7 Å². The average molecular weight is 495 g/mol. The smallest absolute Gasteiger partial charge is 0.336 e. The van der Waals surface area contributed by atoms with E-state index in [1.54, 1.807) is 42.5 Å². The summed E-state index contributed by atoms with van der Waals surface area (Å²) in [5, 5.41) is 18.2. The van der Waals surface area contributed by atoms with Crippen LogP contribution in [0.5, 0.6) is 0 Å². The van der Waals surface area contributed by atoms with Crippen molar-refractivity contribution in [3.8, 4) is 0 Å². The minimum atomic E-state index is -1.09. The first kappa shape index (κ1) is 27.1. The van der Waals surface area contributed by atoms with Crippen LogP contribution in [-0.2, 0) is 19.3 Å². The van der Waals surface area contributed by atoms with Gasteiger partial charge in [-0.3, -0.25) is 4.79 Å². The van der Waals surface area contributed by atoms with Gasteiger partial charge in [0.05, 0.1) is 11.1 Å². The lowest BCUT2D eigenvalue weighted by Crippen LogP contribution is -2.09. The molecule has 0 bridgehead atoms. The largest absolute Gasteiger partial charge is 0.478 e. The molecule has 0 aliphatic rings. The number of rotatable bonds is 8. The molecule has 37 heavy (non-hydrogen) atoms. The molecular formula is C32H30O5. The molecule has 0 unspecified atom stereocenters. The molecule has 4 aromatic carbocycles. The number of carboxylic acid groups (broad SMARTS) is 2. The van der Waals surface area contributed by atoms with Gasteiger partial charge in [0.1, 0.15) is 0 Å². The third-order valence-electron chi connectivity index (χ3n) is 6.10. The summed E-state index contributed by atoms with van der Waals surface area (Å²) in [7, 11) is 0. The van der Waals surface area contributed by atoms with Gasteiger partial charge in [0.15, 0.2) is 5.78 Å². The Morgan fingerprint density at radius 3 is 1.49 bits per heavy atom. The maximum atomic E-state index is 12.3. The Balaban J connectivity index is 0.000000206. The van der Waals surface area contributed by atoms with E-state index in [1.165, 1.54) is 11.6 Å². The quantitative estimate of drug-likeness (QED) is 0.265. The molecule has 0 amide bonds. The molecule has 0 spiro atoms. The van der Waals surface area contributed by atoms with Gasteiger partial charge >= 0.3 is 11.9 Å². The first-order chi connectivity index (χ1) is 17.8. The van der Waals surface area contributed by atoms with Crippen LogP contribution < -0.4 is 0 Å². The van der Waals surface area contributed by atoms with E-state index in [-0.39, 0.29) is 16.9 Å². The van der Waals surface area contributed by atoms with E-state index in [4.69, 9.17) is 10.2 Å². The first-order valence-electron chi connectivity index (χ1n) is 12.2. The van der Waals surface area contributed by atoms with Gasteiger partial charge in [0, 0.05) is 11.1 Å². The second-order valence-electron chi connectivity index (χ2n) is 8.54. The van der Waals surface area contributed by atoms with Crippen molar-refractivity contribution in [2.45, 2.75) is 33.1 Å². The van der Waals surface area contributed by atoms with Crippen LogP contribution in [0.25, 0.3) is 0 Å². The zero-order valence-electron chi connectivity index (χ0n) is 21.0. The van der Waals surface area contributed by atoms with Crippen molar-refractivity contribution < 1.29 is 24.6 Å². The summed E-state index contributed by atoms with van der Waals surface area (Å²) in [6.45, 7) is 4.16. The van der Waals surface area contributed by atoms with Crippen LogP contribution >= 0.6 is 0 Å². The second kappa shape index (κ2) is 13.0. The summed E-state index contributed by atoms with van der Waals surface area (Å²) in [4.78, 5) is 34.5. The van der Waals surface area contributed by atoms with Crippen molar-refractivity contribution in [1.29, 1.82) is 0 Å². The van der Waals surface area contributed by atoms with Crippen molar-refractivity contribution in [3.63, 3.8) is 0 Å². The molecule has 0 heterocycles. The molecule has 5 heteroatoms. The van der Waals surface area contributed by atoms with Gasteiger partial charge in [-0.2, -0.15) is 0 Å². The molecular weight excluding hydrogens is 464 g/mol. The lowest BCUT2D eigenvalue weighted by atomic mass is 9.97. The summed E-state index contributed by atoms with van der Waals surface area (Å²) >= 11 is 0. The van der Waals surface area contributed by atoms with Gasteiger partial charge in [-0.15, -0.1) is 0 Å². The summed E-state index contributed by atoms with van der Waals surface area (Å²) in [6.07, 6.45) is 2.58. The number of aryl methyl sites for hydroxylation is 2. The fourth-order valence-electron chi connectivity index (χ4n) is 3.91. The predicted molar refractivity (Wildman–Crippen MR) is 145 cm³/mol. The molecule has 4 rings (SSSR count). The monoisotopic (exact) mass is 494 g/mol. The Morgan fingerprint density at radius 1 is 0.541 bits per heavy atom. The predicted octanol–water partition coefficient (Wildman–Crippen LogP) is 6.72.